The van der Waals surface area contributed by atoms with Crippen LogP contribution >= 0.6 is 0 Å². The van der Waals surface area contributed by atoms with Crippen LogP contribution in [0.1, 0.15) is 75.1 Å². The zero-order valence-corrected chi connectivity index (χ0v) is 25.2. The number of benzene rings is 2. The van der Waals surface area contributed by atoms with E-state index in [1.807, 2.05) is 0 Å². The van der Waals surface area contributed by atoms with E-state index in [9.17, 15) is 24.3 Å². The van der Waals surface area contributed by atoms with E-state index in [2.05, 4.69) is 0 Å². The summed E-state index contributed by atoms with van der Waals surface area (Å²) in [7, 11) is 0. The van der Waals surface area contributed by atoms with Gasteiger partial charge in [0.1, 0.15) is 23.9 Å². The number of fused-ring (bicyclic) bond motifs is 1. The van der Waals surface area contributed by atoms with E-state index >= 15 is 0 Å². The molecule has 1 spiro atoms. The Labute approximate surface area is 250 Å². The Bertz CT molecular complexity index is 1400. The minimum Gasteiger partial charge on any atom is -0.462 e. The Morgan fingerprint density at radius 2 is 1.23 bits per heavy atom. The highest BCUT2D eigenvalue weighted by molar-refractivity contribution is 5.90. The minimum absolute atomic E-state index is 0.111. The Morgan fingerprint density at radius 1 is 0.744 bits per heavy atom. The van der Waals surface area contributed by atoms with Crippen LogP contribution in [0.2, 0.25) is 0 Å². The predicted molar refractivity (Wildman–Crippen MR) is 152 cm³/mol. The number of carbonyl (C=O) groups is 4. The highest BCUT2D eigenvalue weighted by Crippen LogP contribution is 2.69. The summed E-state index contributed by atoms with van der Waals surface area (Å²) < 4.78 is 31.2. The summed E-state index contributed by atoms with van der Waals surface area (Å²) in [5.41, 5.74) is -5.68. The van der Waals surface area contributed by atoms with Gasteiger partial charge in [0.2, 0.25) is 0 Å². The average molecular weight is 595 g/mol. The summed E-state index contributed by atoms with van der Waals surface area (Å²) >= 11 is 0. The quantitative estimate of drug-likeness (QED) is 0.386. The first-order valence-corrected chi connectivity index (χ1v) is 14.4. The van der Waals surface area contributed by atoms with Crippen LogP contribution < -0.4 is 0 Å². The molecule has 1 aliphatic heterocycles. The average Bonchev–Trinajstić information content (AvgIpc) is 3.16. The molecule has 1 saturated heterocycles. The van der Waals surface area contributed by atoms with Crippen LogP contribution in [-0.4, -0.2) is 70.2 Å². The zero-order chi connectivity index (χ0) is 31.4. The molecule has 3 fully saturated rings. The zero-order valence-electron chi connectivity index (χ0n) is 25.2. The first-order valence-electron chi connectivity index (χ1n) is 14.4. The Kier molecular flexibility index (Phi) is 7.67. The van der Waals surface area contributed by atoms with E-state index in [1.165, 1.54) is 13.8 Å². The van der Waals surface area contributed by atoms with E-state index in [-0.39, 0.29) is 24.0 Å². The van der Waals surface area contributed by atoms with Crippen molar-refractivity contribution in [3.8, 4) is 0 Å². The molecule has 1 heterocycles. The van der Waals surface area contributed by atoms with E-state index < -0.39 is 76.4 Å². The van der Waals surface area contributed by atoms with Crippen molar-refractivity contribution in [2.24, 2.45) is 11.3 Å². The first kappa shape index (κ1) is 30.7. The lowest BCUT2D eigenvalue weighted by molar-refractivity contribution is -0.335. The summed E-state index contributed by atoms with van der Waals surface area (Å²) in [5, 5.41) is 12.3. The van der Waals surface area contributed by atoms with Gasteiger partial charge in [0.15, 0.2) is 6.10 Å². The molecule has 1 N–H and O–H groups in total. The van der Waals surface area contributed by atoms with Gasteiger partial charge in [-0.15, -0.1) is 0 Å². The van der Waals surface area contributed by atoms with Crippen LogP contribution in [0.4, 0.5) is 0 Å². The van der Waals surface area contributed by atoms with Gasteiger partial charge in [-0.25, -0.2) is 9.59 Å². The maximum absolute atomic E-state index is 13.6. The molecule has 230 valence electrons. The number of rotatable bonds is 6. The molecule has 3 aliphatic rings. The number of aliphatic hydroxyl groups is 1. The van der Waals surface area contributed by atoms with Crippen LogP contribution in [0.3, 0.4) is 0 Å². The summed E-state index contributed by atoms with van der Waals surface area (Å²) in [6.07, 6.45) is -4.39. The highest BCUT2D eigenvalue weighted by Gasteiger charge is 2.85. The molecule has 0 amide bonds. The highest BCUT2D eigenvalue weighted by atomic mass is 16.6. The molecular formula is C33H38O10. The van der Waals surface area contributed by atoms with Crippen molar-refractivity contribution in [1.29, 1.82) is 0 Å². The lowest BCUT2D eigenvalue weighted by Gasteiger charge is -2.65. The van der Waals surface area contributed by atoms with E-state index in [4.69, 9.17) is 23.7 Å². The van der Waals surface area contributed by atoms with Crippen molar-refractivity contribution < 1.29 is 48.0 Å². The molecule has 2 saturated carbocycles. The summed E-state index contributed by atoms with van der Waals surface area (Å²) in [4.78, 5) is 52.4. The molecule has 0 aromatic heterocycles. The van der Waals surface area contributed by atoms with Crippen LogP contribution in [0, 0.1) is 11.3 Å². The lowest BCUT2D eigenvalue weighted by atomic mass is 9.47. The number of esters is 4. The molecule has 5 rings (SSSR count). The molecule has 0 unspecified atom stereocenters. The molecule has 8 atom stereocenters. The van der Waals surface area contributed by atoms with Gasteiger partial charge in [-0.05, 0) is 64.8 Å². The van der Waals surface area contributed by atoms with Crippen LogP contribution in [0.25, 0.3) is 0 Å². The maximum atomic E-state index is 13.6. The molecule has 0 radical (unpaired) electrons. The standard InChI is InChI=1S/C33H38O10/c1-19(34)39-23-17-18-31(5,38)33-26(41-28(36)21-13-9-7-10-14-21)24(30(3,4)43-33)25(40-20(2)35)27(32(23,33)6)42-29(37)22-15-11-8-12-16-22/h7-16,23-27,38H,17-18H2,1-6H3/t23-,24+,25+,26+,27-,31-,32-,33-/m0/s1. The Hall–Kier alpha value is -3.76. The molecular weight excluding hydrogens is 556 g/mol. The fourth-order valence-corrected chi connectivity index (χ4v) is 7.77. The van der Waals surface area contributed by atoms with E-state index in [1.54, 1.807) is 88.4 Å². The molecule has 2 aromatic rings. The molecule has 2 aliphatic carbocycles. The predicted octanol–water partition coefficient (Wildman–Crippen LogP) is 4.03. The second-order valence-corrected chi connectivity index (χ2v) is 12.6. The Balaban J connectivity index is 1.75. The van der Waals surface area contributed by atoms with Gasteiger partial charge < -0.3 is 28.8 Å². The van der Waals surface area contributed by atoms with Crippen LogP contribution in [0.15, 0.2) is 60.7 Å². The van der Waals surface area contributed by atoms with Crippen molar-refractivity contribution in [3.05, 3.63) is 71.8 Å². The number of hydrogen-bond acceptors (Lipinski definition) is 10. The SMILES string of the molecule is CC(=O)O[C@@H]1[C@@H]2[C@@H](OC(=O)c3ccccc3)[C@@]3(OC2(C)C)[C@@](C)([C@@H](OC(C)=O)CC[C@]3(C)O)[C@H]1OC(=O)c1ccccc1. The van der Waals surface area contributed by atoms with Gasteiger partial charge >= 0.3 is 23.9 Å². The topological polar surface area (TPSA) is 135 Å². The summed E-state index contributed by atoms with van der Waals surface area (Å²) in [6, 6.07) is 16.7. The second-order valence-electron chi connectivity index (χ2n) is 12.6. The normalized spacial score (nSPS) is 35.7. The molecule has 2 aromatic carbocycles. The number of carbonyl (C=O) groups excluding carboxylic acids is 4. The third kappa shape index (κ3) is 4.80. The minimum atomic E-state index is -1.77. The van der Waals surface area contributed by atoms with Gasteiger partial charge in [0.05, 0.1) is 33.7 Å². The van der Waals surface area contributed by atoms with Crippen LogP contribution in [0.5, 0.6) is 0 Å². The van der Waals surface area contributed by atoms with Gasteiger partial charge in [0, 0.05) is 13.8 Å². The summed E-state index contributed by atoms with van der Waals surface area (Å²) in [5.74, 6) is -3.54. The molecule has 43 heavy (non-hydrogen) atoms. The van der Waals surface area contributed by atoms with Gasteiger partial charge in [-0.2, -0.15) is 0 Å². The maximum Gasteiger partial charge on any atom is 0.338 e. The second kappa shape index (κ2) is 10.7. The van der Waals surface area contributed by atoms with Crippen molar-refractivity contribution in [2.75, 3.05) is 0 Å². The number of ether oxygens (including phenoxy) is 5. The molecule has 2 bridgehead atoms. The lowest BCUT2D eigenvalue weighted by Crippen LogP contribution is -2.81. The largest absolute Gasteiger partial charge is 0.462 e. The summed E-state index contributed by atoms with van der Waals surface area (Å²) in [6.45, 7) is 9.25. The number of hydrogen-bond donors (Lipinski definition) is 1. The van der Waals surface area contributed by atoms with Gasteiger partial charge in [-0.1, -0.05) is 36.4 Å². The smallest absolute Gasteiger partial charge is 0.338 e. The fraction of sp³-hybridized carbons (Fsp3) is 0.515. The van der Waals surface area contributed by atoms with Crippen molar-refractivity contribution in [2.45, 2.75) is 95.6 Å². The van der Waals surface area contributed by atoms with Crippen molar-refractivity contribution >= 4 is 23.9 Å². The Morgan fingerprint density at radius 3 is 1.72 bits per heavy atom. The van der Waals surface area contributed by atoms with Crippen molar-refractivity contribution in [1.82, 2.24) is 0 Å². The van der Waals surface area contributed by atoms with Gasteiger partial charge in [0.25, 0.3) is 0 Å². The van der Waals surface area contributed by atoms with Crippen molar-refractivity contribution in [3.63, 3.8) is 0 Å². The third-order valence-corrected chi connectivity index (χ3v) is 9.46. The fourth-order valence-electron chi connectivity index (χ4n) is 7.77. The monoisotopic (exact) mass is 594 g/mol. The van der Waals surface area contributed by atoms with Crippen LogP contribution in [-0.2, 0) is 33.3 Å². The molecule has 10 nitrogen and oxygen atoms in total. The van der Waals surface area contributed by atoms with Gasteiger partial charge in [-0.3, -0.25) is 9.59 Å². The molecule has 10 heteroatoms. The third-order valence-electron chi connectivity index (χ3n) is 9.46. The van der Waals surface area contributed by atoms with E-state index in [0.29, 0.717) is 0 Å². The first-order chi connectivity index (χ1) is 20.2. The van der Waals surface area contributed by atoms with E-state index in [0.717, 1.165) is 0 Å².